The number of likely N-dealkylation sites (N-methyl/N-ethyl adjacent to an activating group) is 1. The van der Waals surface area contributed by atoms with Crippen molar-refractivity contribution in [1.29, 1.82) is 0 Å². The summed E-state index contributed by atoms with van der Waals surface area (Å²) in [6, 6.07) is 7.69. The van der Waals surface area contributed by atoms with Crippen molar-refractivity contribution in [3.63, 3.8) is 0 Å². The van der Waals surface area contributed by atoms with Crippen molar-refractivity contribution in [3.05, 3.63) is 73.4 Å². The smallest absolute Gasteiger partial charge is 0.338 e. The van der Waals surface area contributed by atoms with Crippen LogP contribution in [0.15, 0.2) is 34.4 Å². The summed E-state index contributed by atoms with van der Waals surface area (Å²) in [6.45, 7) is 8.53. The summed E-state index contributed by atoms with van der Waals surface area (Å²) in [5.41, 5.74) is 4.69. The molecule has 4 heterocycles. The molecule has 9 nitrogen and oxygen atoms in total. The lowest BCUT2D eigenvalue weighted by atomic mass is 9.91. The molecule has 1 unspecified atom stereocenters. The first-order valence-electron chi connectivity index (χ1n) is 14.3. The minimum atomic E-state index is -1.01. The zero-order valence-corrected chi connectivity index (χ0v) is 25.6. The number of pyridine rings is 1. The highest BCUT2D eigenvalue weighted by atomic mass is 35.5. The highest BCUT2D eigenvalue weighted by Gasteiger charge is 2.29. The van der Waals surface area contributed by atoms with Gasteiger partial charge in [-0.3, -0.25) is 19.2 Å². The molecule has 1 atom stereocenters. The van der Waals surface area contributed by atoms with E-state index in [0.717, 1.165) is 72.5 Å². The molecule has 2 aliphatic rings. The van der Waals surface area contributed by atoms with Gasteiger partial charge in [0.05, 0.1) is 28.0 Å². The van der Waals surface area contributed by atoms with Crippen LogP contribution in [0.5, 0.6) is 5.75 Å². The zero-order chi connectivity index (χ0) is 29.5. The number of ether oxygens (including phenoxy) is 1. The van der Waals surface area contributed by atoms with E-state index in [1.165, 1.54) is 11.3 Å². The van der Waals surface area contributed by atoms with E-state index >= 15 is 0 Å². The molecule has 0 saturated carbocycles. The molecule has 1 aliphatic heterocycles. The van der Waals surface area contributed by atoms with Crippen LogP contribution in [0.25, 0.3) is 21.3 Å². The molecular formula is C31H34ClN5O4S. The molecule has 0 amide bonds. The second kappa shape index (κ2) is 11.8. The topological polar surface area (TPSA) is 101 Å². The Kier molecular flexibility index (Phi) is 8.06. The monoisotopic (exact) mass is 607 g/mol. The predicted molar refractivity (Wildman–Crippen MR) is 165 cm³/mol. The van der Waals surface area contributed by atoms with E-state index < -0.39 is 5.97 Å². The summed E-state index contributed by atoms with van der Waals surface area (Å²) < 4.78 is 8.77. The molecular weight excluding hydrogens is 574 g/mol. The Morgan fingerprint density at radius 1 is 1.14 bits per heavy atom. The van der Waals surface area contributed by atoms with Gasteiger partial charge < -0.3 is 14.7 Å². The number of aromatic nitrogens is 3. The van der Waals surface area contributed by atoms with Crippen LogP contribution in [-0.2, 0) is 19.4 Å². The number of halogens is 1. The number of thiophene rings is 1. The van der Waals surface area contributed by atoms with E-state index in [9.17, 15) is 14.7 Å². The first-order valence-corrected chi connectivity index (χ1v) is 15.5. The van der Waals surface area contributed by atoms with E-state index in [1.54, 1.807) is 16.0 Å². The maximum atomic E-state index is 13.7. The second-order valence-electron chi connectivity index (χ2n) is 11.2. The Morgan fingerprint density at radius 3 is 2.69 bits per heavy atom. The quantitative estimate of drug-likeness (QED) is 0.323. The number of piperazine rings is 1. The zero-order valence-electron chi connectivity index (χ0n) is 24.0. The van der Waals surface area contributed by atoms with E-state index in [2.05, 4.69) is 21.8 Å². The van der Waals surface area contributed by atoms with Crippen molar-refractivity contribution in [3.8, 4) is 16.9 Å². The normalized spacial score (nSPS) is 17.9. The maximum absolute atomic E-state index is 13.7. The number of benzene rings is 1. The van der Waals surface area contributed by atoms with Crippen LogP contribution >= 0.6 is 22.9 Å². The van der Waals surface area contributed by atoms with Crippen LogP contribution in [0.4, 0.5) is 0 Å². The number of carbonyl (C=O) groups is 1. The lowest BCUT2D eigenvalue weighted by molar-refractivity contribution is 0.0699. The molecule has 1 N–H and O–H groups in total. The Morgan fingerprint density at radius 2 is 1.93 bits per heavy atom. The van der Waals surface area contributed by atoms with Gasteiger partial charge in [0, 0.05) is 65.0 Å². The lowest BCUT2D eigenvalue weighted by Gasteiger charge is -2.39. The second-order valence-corrected chi connectivity index (χ2v) is 12.5. The van der Waals surface area contributed by atoms with Gasteiger partial charge in [-0.25, -0.2) is 9.78 Å². The van der Waals surface area contributed by atoms with E-state index in [-0.39, 0.29) is 17.7 Å². The van der Waals surface area contributed by atoms with E-state index in [1.807, 2.05) is 32.0 Å². The molecule has 0 spiro atoms. The Hall–Kier alpha value is -3.31. The van der Waals surface area contributed by atoms with Gasteiger partial charge in [0.1, 0.15) is 18.2 Å². The molecule has 4 aromatic rings. The number of rotatable bonds is 7. The fraction of sp³-hybridized carbons (Fsp3) is 0.419. The summed E-state index contributed by atoms with van der Waals surface area (Å²) in [5, 5.41) is 11.8. The van der Waals surface area contributed by atoms with Gasteiger partial charge in [0.2, 0.25) is 0 Å². The van der Waals surface area contributed by atoms with Crippen molar-refractivity contribution in [1.82, 2.24) is 24.3 Å². The average molecular weight is 608 g/mol. The number of carboxylic acids is 1. The molecule has 1 aromatic carbocycles. The first-order chi connectivity index (χ1) is 20.2. The number of nitrogens with zero attached hydrogens (tertiary/aromatic N) is 5. The van der Waals surface area contributed by atoms with E-state index in [4.69, 9.17) is 21.3 Å². The van der Waals surface area contributed by atoms with Gasteiger partial charge >= 0.3 is 5.97 Å². The molecule has 6 rings (SSSR count). The SMILES string of the molecule is Cc1cc(-c2cc(Cl)ccc2OCCn2c(C)nc3c(c2=O)CC(N2CCN(C)CC2)CC3)c2scc(C(=O)O)c2n1. The van der Waals surface area contributed by atoms with Crippen LogP contribution in [-0.4, -0.2) is 81.3 Å². The summed E-state index contributed by atoms with van der Waals surface area (Å²) in [4.78, 5) is 39.7. The van der Waals surface area contributed by atoms with E-state index in [0.29, 0.717) is 40.4 Å². The average Bonchev–Trinajstić information content (AvgIpc) is 3.39. The summed E-state index contributed by atoms with van der Waals surface area (Å²) in [6.07, 6.45) is 2.61. The number of carboxylic acid groups (broad SMARTS) is 1. The fourth-order valence-electron chi connectivity index (χ4n) is 6.15. The minimum absolute atomic E-state index is 0.0301. The van der Waals surface area contributed by atoms with Crippen molar-refractivity contribution in [2.24, 2.45) is 0 Å². The molecule has 11 heteroatoms. The Balaban J connectivity index is 1.24. The standard InChI is InChI=1S/C31H34ClN5O4S/c1-18-14-23(29-28(33-18)25(17-42-29)31(39)40)22-15-20(32)4-7-27(22)41-13-12-37-19(2)34-26-6-5-21(16-24(26)30(37)38)36-10-8-35(3)9-11-36/h4,7,14-15,17,21H,5-6,8-13,16H2,1-3H3,(H,39,40). The van der Waals surface area contributed by atoms with Crippen LogP contribution in [0.1, 0.15) is 39.6 Å². The van der Waals surface area contributed by atoms with Crippen molar-refractivity contribution >= 4 is 39.1 Å². The largest absolute Gasteiger partial charge is 0.491 e. The third-order valence-corrected chi connectivity index (χ3v) is 9.67. The molecule has 1 saturated heterocycles. The summed E-state index contributed by atoms with van der Waals surface area (Å²) in [5.74, 6) is 0.286. The third kappa shape index (κ3) is 5.56. The number of aromatic carboxylic acids is 1. The molecule has 3 aromatic heterocycles. The Bertz CT molecular complexity index is 1730. The lowest BCUT2D eigenvalue weighted by Crippen LogP contribution is -2.51. The van der Waals surface area contributed by atoms with Crippen molar-refractivity contribution < 1.29 is 14.6 Å². The number of fused-ring (bicyclic) bond motifs is 2. The number of hydrogen-bond acceptors (Lipinski definition) is 8. The van der Waals surface area contributed by atoms with Crippen LogP contribution in [0.2, 0.25) is 5.02 Å². The number of aryl methyl sites for hydroxylation is 3. The van der Waals surface area contributed by atoms with Gasteiger partial charge in [0.25, 0.3) is 5.56 Å². The summed E-state index contributed by atoms with van der Waals surface area (Å²) >= 11 is 7.74. The van der Waals surface area contributed by atoms with Gasteiger partial charge in [-0.1, -0.05) is 11.6 Å². The third-order valence-electron chi connectivity index (χ3n) is 8.43. The summed E-state index contributed by atoms with van der Waals surface area (Å²) in [7, 11) is 2.16. The number of hydrogen-bond donors (Lipinski definition) is 1. The van der Waals surface area contributed by atoms with Gasteiger partial charge in [-0.2, -0.15) is 0 Å². The predicted octanol–water partition coefficient (Wildman–Crippen LogP) is 4.67. The fourth-order valence-corrected chi connectivity index (χ4v) is 7.33. The van der Waals surface area contributed by atoms with Gasteiger partial charge in [0.15, 0.2) is 0 Å². The Labute approximate surface area is 253 Å². The maximum Gasteiger partial charge on any atom is 0.338 e. The van der Waals surface area contributed by atoms with Gasteiger partial charge in [-0.05, 0) is 64.4 Å². The highest BCUT2D eigenvalue weighted by molar-refractivity contribution is 7.18. The van der Waals surface area contributed by atoms with Crippen molar-refractivity contribution in [2.75, 3.05) is 39.8 Å². The van der Waals surface area contributed by atoms with Crippen molar-refractivity contribution in [2.45, 2.75) is 45.7 Å². The van der Waals surface area contributed by atoms with Crippen LogP contribution in [0.3, 0.4) is 0 Å². The molecule has 1 fully saturated rings. The highest BCUT2D eigenvalue weighted by Crippen LogP contribution is 2.40. The van der Waals surface area contributed by atoms with Crippen LogP contribution < -0.4 is 10.3 Å². The first kappa shape index (κ1) is 28.8. The molecule has 0 radical (unpaired) electrons. The molecule has 220 valence electrons. The van der Waals surface area contributed by atoms with Crippen LogP contribution in [0, 0.1) is 13.8 Å². The molecule has 1 aliphatic carbocycles. The molecule has 42 heavy (non-hydrogen) atoms. The van der Waals surface area contributed by atoms with Gasteiger partial charge in [-0.15, -0.1) is 11.3 Å². The molecule has 0 bridgehead atoms. The minimum Gasteiger partial charge on any atom is -0.491 e.